The van der Waals surface area contributed by atoms with Crippen molar-refractivity contribution in [3.05, 3.63) is 105 Å². The van der Waals surface area contributed by atoms with E-state index in [4.69, 9.17) is 32.7 Å². The molecule has 1 heterocycles. The minimum absolute atomic E-state index is 0.0276. The third-order valence-electron chi connectivity index (χ3n) is 5.34. The van der Waals surface area contributed by atoms with Crippen LogP contribution in [0.2, 0.25) is 10.0 Å². The minimum atomic E-state index is -4.08. The summed E-state index contributed by atoms with van der Waals surface area (Å²) in [6.45, 7) is 3.98. The number of hydrogen-bond donors (Lipinski definition) is 0. The van der Waals surface area contributed by atoms with Gasteiger partial charge in [-0.3, -0.25) is 9.69 Å². The van der Waals surface area contributed by atoms with Crippen LogP contribution in [-0.2, 0) is 21.4 Å². The Morgan fingerprint density at radius 3 is 2.47 bits per heavy atom. The molecule has 7 nitrogen and oxygen atoms in total. The zero-order valence-electron chi connectivity index (χ0n) is 20.1. The second kappa shape index (κ2) is 12.1. The van der Waals surface area contributed by atoms with Crippen LogP contribution in [0.3, 0.4) is 0 Å². The number of rotatable bonds is 9. The highest BCUT2D eigenvalue weighted by molar-refractivity contribution is 8.19. The number of nitrogens with zero attached hydrogens (tertiary/aromatic N) is 2. The second-order valence-electron chi connectivity index (χ2n) is 7.91. The van der Waals surface area contributed by atoms with Gasteiger partial charge in [-0.2, -0.15) is 8.42 Å². The van der Waals surface area contributed by atoms with E-state index in [0.29, 0.717) is 32.0 Å². The van der Waals surface area contributed by atoms with Crippen molar-refractivity contribution in [3.8, 4) is 11.5 Å². The normalized spacial score (nSPS) is 15.8. The number of hydrogen-bond acceptors (Lipinski definition) is 6. The summed E-state index contributed by atoms with van der Waals surface area (Å²) in [6, 6.07) is 18.2. The highest BCUT2D eigenvalue weighted by Crippen LogP contribution is 2.36. The average molecular weight is 590 g/mol. The molecule has 38 heavy (non-hydrogen) atoms. The number of amides is 1. The van der Waals surface area contributed by atoms with Crippen molar-refractivity contribution in [1.29, 1.82) is 0 Å². The Kier molecular flexibility index (Phi) is 8.83. The quantitative estimate of drug-likeness (QED) is 0.211. The van der Waals surface area contributed by atoms with Gasteiger partial charge in [-0.05, 0) is 65.9 Å². The lowest BCUT2D eigenvalue weighted by atomic mass is 10.1. The van der Waals surface area contributed by atoms with Gasteiger partial charge in [0.25, 0.3) is 15.9 Å². The van der Waals surface area contributed by atoms with Crippen LogP contribution < -0.4 is 9.47 Å². The van der Waals surface area contributed by atoms with Crippen LogP contribution in [-0.4, -0.2) is 38.0 Å². The van der Waals surface area contributed by atoms with Gasteiger partial charge in [0.05, 0.1) is 16.9 Å². The maximum Gasteiger partial charge on any atom is 0.284 e. The van der Waals surface area contributed by atoms with E-state index in [0.717, 1.165) is 17.3 Å². The Hall–Kier alpha value is -3.24. The van der Waals surface area contributed by atoms with Gasteiger partial charge in [0.15, 0.2) is 16.7 Å². The number of sulfonamides is 1. The standard InChI is InChI=1S/C27H22Cl2N2O5S2/c1-3-14-31-26(32)25(37-27(31)30-38(33,34)21-11-9-20(28)10-12-21)16-18-8-13-23(35-2)24(15-18)36-17-19-6-4-5-7-22(19)29/h3-13,15-16H,1,14,17H2,2H3. The lowest BCUT2D eigenvalue weighted by molar-refractivity contribution is -0.121. The Balaban J connectivity index is 1.63. The third-order valence-corrected chi connectivity index (χ3v) is 8.36. The molecule has 1 aliphatic heterocycles. The molecule has 0 saturated carbocycles. The maximum absolute atomic E-state index is 13.2. The van der Waals surface area contributed by atoms with Crippen molar-refractivity contribution >= 4 is 62.1 Å². The van der Waals surface area contributed by atoms with E-state index in [1.165, 1.54) is 42.4 Å². The molecular formula is C27H22Cl2N2O5S2. The predicted octanol–water partition coefficient (Wildman–Crippen LogP) is 6.43. The Labute approximate surface area is 235 Å². The zero-order valence-corrected chi connectivity index (χ0v) is 23.3. The fourth-order valence-corrected chi connectivity index (χ4v) is 5.95. The van der Waals surface area contributed by atoms with Gasteiger partial charge in [0, 0.05) is 22.2 Å². The molecule has 4 rings (SSSR count). The molecule has 0 radical (unpaired) electrons. The van der Waals surface area contributed by atoms with Gasteiger partial charge < -0.3 is 9.47 Å². The Morgan fingerprint density at radius 2 is 1.79 bits per heavy atom. The number of benzene rings is 3. The molecule has 0 aromatic heterocycles. The predicted molar refractivity (Wildman–Crippen MR) is 152 cm³/mol. The Morgan fingerprint density at radius 1 is 1.05 bits per heavy atom. The maximum atomic E-state index is 13.2. The molecule has 0 aliphatic carbocycles. The average Bonchev–Trinajstić information content (AvgIpc) is 3.17. The van der Waals surface area contributed by atoms with Crippen LogP contribution in [0.5, 0.6) is 11.5 Å². The number of carbonyl (C=O) groups excluding carboxylic acids is 1. The van der Waals surface area contributed by atoms with Crippen LogP contribution in [0, 0.1) is 0 Å². The van der Waals surface area contributed by atoms with Gasteiger partial charge in [-0.25, -0.2) is 0 Å². The number of ether oxygens (including phenoxy) is 2. The van der Waals surface area contributed by atoms with Crippen molar-refractivity contribution in [1.82, 2.24) is 4.90 Å². The highest BCUT2D eigenvalue weighted by Gasteiger charge is 2.34. The number of halogens is 2. The zero-order chi connectivity index (χ0) is 27.3. The van der Waals surface area contributed by atoms with Crippen molar-refractivity contribution in [2.75, 3.05) is 13.7 Å². The summed E-state index contributed by atoms with van der Waals surface area (Å²) in [6.07, 6.45) is 3.14. The van der Waals surface area contributed by atoms with Crippen LogP contribution in [0.4, 0.5) is 0 Å². The highest BCUT2D eigenvalue weighted by atomic mass is 35.5. The molecule has 0 N–H and O–H groups in total. The lowest BCUT2D eigenvalue weighted by Gasteiger charge is -2.13. The van der Waals surface area contributed by atoms with Gasteiger partial charge in [0.2, 0.25) is 0 Å². The van der Waals surface area contributed by atoms with Crippen LogP contribution in [0.15, 0.2) is 93.6 Å². The van der Waals surface area contributed by atoms with E-state index in [9.17, 15) is 13.2 Å². The van der Waals surface area contributed by atoms with E-state index in [-0.39, 0.29) is 23.2 Å². The van der Waals surface area contributed by atoms with E-state index >= 15 is 0 Å². The summed E-state index contributed by atoms with van der Waals surface area (Å²) < 4.78 is 41.1. The number of methoxy groups -OCH3 is 1. The molecule has 1 saturated heterocycles. The van der Waals surface area contributed by atoms with E-state index in [2.05, 4.69) is 11.0 Å². The first kappa shape index (κ1) is 27.8. The molecule has 0 atom stereocenters. The van der Waals surface area contributed by atoms with E-state index in [1.54, 1.807) is 30.3 Å². The van der Waals surface area contributed by atoms with Crippen molar-refractivity contribution in [2.45, 2.75) is 11.5 Å². The molecule has 1 fully saturated rings. The molecule has 0 unspecified atom stereocenters. The van der Waals surface area contributed by atoms with Gasteiger partial charge in [0.1, 0.15) is 6.61 Å². The summed E-state index contributed by atoms with van der Waals surface area (Å²) in [4.78, 5) is 14.7. The number of amidine groups is 1. The summed E-state index contributed by atoms with van der Waals surface area (Å²) in [5.41, 5.74) is 1.46. The van der Waals surface area contributed by atoms with Crippen LogP contribution in [0.25, 0.3) is 6.08 Å². The molecule has 1 aliphatic rings. The van der Waals surface area contributed by atoms with Gasteiger partial charge >= 0.3 is 0 Å². The minimum Gasteiger partial charge on any atom is -0.493 e. The molecule has 11 heteroatoms. The molecule has 1 amide bonds. The van der Waals surface area contributed by atoms with Crippen molar-refractivity contribution < 1.29 is 22.7 Å². The summed E-state index contributed by atoms with van der Waals surface area (Å²) in [5.74, 6) is 0.572. The molecular weight excluding hydrogens is 567 g/mol. The summed E-state index contributed by atoms with van der Waals surface area (Å²) >= 11 is 13.1. The topological polar surface area (TPSA) is 85.3 Å². The van der Waals surface area contributed by atoms with Crippen molar-refractivity contribution in [3.63, 3.8) is 0 Å². The van der Waals surface area contributed by atoms with Crippen LogP contribution in [0.1, 0.15) is 11.1 Å². The Bertz CT molecular complexity index is 1540. The van der Waals surface area contributed by atoms with Gasteiger partial charge in [-0.15, -0.1) is 11.0 Å². The molecule has 3 aromatic rings. The van der Waals surface area contributed by atoms with Gasteiger partial charge in [-0.1, -0.05) is 53.5 Å². The van der Waals surface area contributed by atoms with E-state index in [1.807, 2.05) is 18.2 Å². The third kappa shape index (κ3) is 6.42. The first-order valence-electron chi connectivity index (χ1n) is 11.2. The number of carbonyl (C=O) groups is 1. The lowest BCUT2D eigenvalue weighted by Crippen LogP contribution is -2.29. The molecule has 0 bridgehead atoms. The fraction of sp³-hybridized carbons (Fsp3) is 0.111. The molecule has 196 valence electrons. The monoisotopic (exact) mass is 588 g/mol. The van der Waals surface area contributed by atoms with Crippen molar-refractivity contribution in [2.24, 2.45) is 4.40 Å². The largest absolute Gasteiger partial charge is 0.493 e. The smallest absolute Gasteiger partial charge is 0.284 e. The van der Waals surface area contributed by atoms with Crippen LogP contribution >= 0.6 is 35.0 Å². The first-order chi connectivity index (χ1) is 18.2. The first-order valence-corrected chi connectivity index (χ1v) is 14.2. The summed E-state index contributed by atoms with van der Waals surface area (Å²) in [5, 5.41) is 1.01. The van der Waals surface area contributed by atoms with E-state index < -0.39 is 15.9 Å². The SMILES string of the molecule is C=CCN1C(=O)C(=Cc2ccc(OC)c(OCc3ccccc3Cl)c2)SC1=NS(=O)(=O)c1ccc(Cl)cc1. The number of thioether (sulfide) groups is 1. The molecule has 0 spiro atoms. The molecule has 3 aromatic carbocycles. The fourth-order valence-electron chi connectivity index (χ4n) is 3.45. The summed E-state index contributed by atoms with van der Waals surface area (Å²) in [7, 11) is -2.55. The second-order valence-corrected chi connectivity index (χ2v) is 11.4.